The van der Waals surface area contributed by atoms with Gasteiger partial charge in [0, 0.05) is 6.92 Å². The third kappa shape index (κ3) is 6.71. The Morgan fingerprint density at radius 2 is 0.929 bits per heavy atom. The monoisotopic (exact) mass is 601 g/mol. The maximum absolute atomic E-state index is 2.47. The van der Waals surface area contributed by atoms with E-state index in [1.807, 2.05) is 11.3 Å². The second-order valence-electron chi connectivity index (χ2n) is 16.0. The number of thiazole rings is 1. The van der Waals surface area contributed by atoms with Crippen molar-refractivity contribution in [3.63, 3.8) is 0 Å². The summed E-state index contributed by atoms with van der Waals surface area (Å²) in [6.45, 7) is 32.4. The summed E-state index contributed by atoms with van der Waals surface area (Å²) < 4.78 is 2.46. The van der Waals surface area contributed by atoms with Gasteiger partial charge in [0.2, 0.25) is 11.2 Å². The van der Waals surface area contributed by atoms with Crippen molar-refractivity contribution < 1.29 is 17.0 Å². The zero-order valence-electron chi connectivity index (χ0n) is 28.5. The number of hydrogen-bond donors (Lipinski definition) is 0. The number of benzene rings is 3. The van der Waals surface area contributed by atoms with Crippen LogP contribution in [0.5, 0.6) is 0 Å². The van der Waals surface area contributed by atoms with Crippen LogP contribution in [0, 0.1) is 13.8 Å². The highest BCUT2D eigenvalue weighted by atomic mass is 35.5. The van der Waals surface area contributed by atoms with E-state index in [2.05, 4.69) is 162 Å². The summed E-state index contributed by atoms with van der Waals surface area (Å²) in [5.41, 5.74) is 15.8. The van der Waals surface area contributed by atoms with E-state index < -0.39 is 0 Å². The lowest BCUT2D eigenvalue weighted by atomic mass is 9.75. The van der Waals surface area contributed by atoms with Crippen LogP contribution in [0.4, 0.5) is 0 Å². The van der Waals surface area contributed by atoms with Crippen molar-refractivity contribution in [1.82, 2.24) is 0 Å². The van der Waals surface area contributed by atoms with Gasteiger partial charge in [0.15, 0.2) is 5.69 Å². The zero-order chi connectivity index (χ0) is 30.7. The van der Waals surface area contributed by atoms with Crippen LogP contribution in [0.1, 0.15) is 116 Å². The van der Waals surface area contributed by atoms with E-state index >= 15 is 0 Å². The van der Waals surface area contributed by atoms with Crippen molar-refractivity contribution in [3.8, 4) is 27.9 Å². The molecule has 0 N–H and O–H groups in total. The van der Waals surface area contributed by atoms with E-state index in [9.17, 15) is 0 Å². The molecule has 1 nitrogen and oxygen atoms in total. The van der Waals surface area contributed by atoms with Gasteiger partial charge in [0.1, 0.15) is 0 Å². The van der Waals surface area contributed by atoms with E-state index in [4.69, 9.17) is 0 Å². The Morgan fingerprint density at radius 3 is 1.24 bits per heavy atom. The molecule has 226 valence electrons. The highest BCUT2D eigenvalue weighted by Gasteiger charge is 2.32. The molecule has 0 spiro atoms. The molecule has 0 saturated heterocycles. The molecule has 4 rings (SSSR count). The van der Waals surface area contributed by atoms with Crippen LogP contribution in [-0.2, 0) is 21.7 Å². The molecule has 0 aliphatic carbocycles. The number of para-hydroxylation sites is 1. The number of hydrogen-bond acceptors (Lipinski definition) is 1. The number of nitrogens with zero attached hydrogens (tertiary/aromatic N) is 1. The van der Waals surface area contributed by atoms with E-state index in [-0.39, 0.29) is 34.1 Å². The summed E-state index contributed by atoms with van der Waals surface area (Å²) in [6.07, 6.45) is 0. The Hall–Kier alpha value is -2.42. The molecule has 0 fully saturated rings. The highest BCUT2D eigenvalue weighted by molar-refractivity contribution is 7.09. The van der Waals surface area contributed by atoms with Gasteiger partial charge in [0.05, 0.1) is 16.0 Å². The molecule has 42 heavy (non-hydrogen) atoms. The molecule has 0 atom stereocenters. The van der Waals surface area contributed by atoms with Gasteiger partial charge in [0.25, 0.3) is 0 Å². The molecule has 0 aliphatic heterocycles. The van der Waals surface area contributed by atoms with Crippen LogP contribution in [0.3, 0.4) is 0 Å². The molecule has 0 amide bonds. The molecular weight excluding hydrogens is 550 g/mol. The maximum Gasteiger partial charge on any atom is 0.231 e. The Labute approximate surface area is 266 Å². The first-order valence-corrected chi connectivity index (χ1v) is 16.0. The van der Waals surface area contributed by atoms with Gasteiger partial charge in [-0.1, -0.05) is 137 Å². The smallest absolute Gasteiger partial charge is 0.231 e. The van der Waals surface area contributed by atoms with Gasteiger partial charge in [-0.2, -0.15) is 4.57 Å². The van der Waals surface area contributed by atoms with Crippen molar-refractivity contribution in [3.05, 3.63) is 92.9 Å². The van der Waals surface area contributed by atoms with E-state index in [0.717, 1.165) is 0 Å². The van der Waals surface area contributed by atoms with Crippen LogP contribution in [0.25, 0.3) is 27.9 Å². The minimum Gasteiger partial charge on any atom is -1.00 e. The van der Waals surface area contributed by atoms with E-state index in [1.165, 1.54) is 60.8 Å². The summed E-state index contributed by atoms with van der Waals surface area (Å²) in [5, 5.41) is 0. The minimum absolute atomic E-state index is 0. The number of aryl methyl sites for hydroxylation is 1. The number of aromatic nitrogens is 1. The quantitative estimate of drug-likeness (QED) is 0.209. The third-order valence-corrected chi connectivity index (χ3v) is 9.42. The molecule has 0 aliphatic rings. The van der Waals surface area contributed by atoms with E-state index in [0.29, 0.717) is 0 Å². The van der Waals surface area contributed by atoms with Crippen LogP contribution >= 0.6 is 11.3 Å². The predicted molar refractivity (Wildman–Crippen MR) is 181 cm³/mol. The van der Waals surface area contributed by atoms with Crippen LogP contribution in [0.2, 0.25) is 0 Å². The van der Waals surface area contributed by atoms with E-state index in [1.54, 1.807) is 0 Å². The first-order chi connectivity index (χ1) is 18.7. The molecule has 1 heterocycles. The maximum atomic E-state index is 2.47. The van der Waals surface area contributed by atoms with Crippen molar-refractivity contribution >= 4 is 11.3 Å². The molecule has 1 aromatic heterocycles. The van der Waals surface area contributed by atoms with Crippen molar-refractivity contribution in [1.29, 1.82) is 0 Å². The highest BCUT2D eigenvalue weighted by Crippen LogP contribution is 2.44. The molecule has 0 radical (unpaired) electrons. The molecule has 4 aromatic rings. The average Bonchev–Trinajstić information content (AvgIpc) is 3.18. The Bertz CT molecular complexity index is 1480. The molecular formula is C39H52ClNS. The Morgan fingerprint density at radius 1 is 0.524 bits per heavy atom. The van der Waals surface area contributed by atoms with Crippen molar-refractivity contribution in [2.75, 3.05) is 0 Å². The second kappa shape index (κ2) is 11.6. The summed E-state index contributed by atoms with van der Waals surface area (Å²) in [5.74, 6) is 0. The molecule has 3 aromatic carbocycles. The van der Waals surface area contributed by atoms with Gasteiger partial charge in [-0.25, -0.2) is 0 Å². The number of halogens is 1. The zero-order valence-corrected chi connectivity index (χ0v) is 30.1. The average molecular weight is 602 g/mol. The standard InChI is InChI=1S/C39H52NS.ClH/c1-25-26(2)41-24-40(25)35-29(31-22-27(36(3,4)5)18-20-33(31)38(9,10)11)16-15-17-30(35)32-23-28(37(6,7)8)19-21-34(32)39(12,13)14;/h15-24H,1-14H3;1H/q+1;/p-1. The lowest BCUT2D eigenvalue weighted by molar-refractivity contribution is -0.596. The summed E-state index contributed by atoms with van der Waals surface area (Å²) in [7, 11) is 0. The fraction of sp³-hybridized carbons (Fsp3) is 0.462. The van der Waals surface area contributed by atoms with Crippen LogP contribution < -0.4 is 17.0 Å². The fourth-order valence-electron chi connectivity index (χ4n) is 5.70. The Balaban J connectivity index is 0.00000484. The van der Waals surface area contributed by atoms with Gasteiger partial charge >= 0.3 is 0 Å². The first kappa shape index (κ1) is 34.1. The first-order valence-electron chi connectivity index (χ1n) is 15.1. The normalized spacial score (nSPS) is 12.8. The fourth-order valence-corrected chi connectivity index (χ4v) is 6.50. The molecule has 0 unspecified atom stereocenters. The second-order valence-corrected chi connectivity index (χ2v) is 17.0. The molecule has 0 bridgehead atoms. The van der Waals surface area contributed by atoms with Gasteiger partial charge < -0.3 is 12.4 Å². The Kier molecular flexibility index (Phi) is 9.40. The topological polar surface area (TPSA) is 3.88 Å². The van der Waals surface area contributed by atoms with Gasteiger partial charge in [-0.15, -0.1) is 0 Å². The van der Waals surface area contributed by atoms with Crippen LogP contribution in [-0.4, -0.2) is 0 Å². The van der Waals surface area contributed by atoms with Gasteiger partial charge in [-0.3, -0.25) is 0 Å². The predicted octanol–water partition coefficient (Wildman–Crippen LogP) is 8.17. The minimum atomic E-state index is 0. The lowest BCUT2D eigenvalue weighted by Gasteiger charge is -2.29. The lowest BCUT2D eigenvalue weighted by Crippen LogP contribution is -3.00. The molecule has 3 heteroatoms. The van der Waals surface area contributed by atoms with Crippen molar-refractivity contribution in [2.45, 2.75) is 119 Å². The summed E-state index contributed by atoms with van der Waals surface area (Å²) in [4.78, 5) is 1.35. The largest absolute Gasteiger partial charge is 1.00 e. The summed E-state index contributed by atoms with van der Waals surface area (Å²) in [6, 6.07) is 21.3. The van der Waals surface area contributed by atoms with Gasteiger partial charge in [-0.05, 0) is 74.1 Å². The third-order valence-electron chi connectivity index (χ3n) is 8.45. The van der Waals surface area contributed by atoms with Crippen molar-refractivity contribution in [2.24, 2.45) is 0 Å². The molecule has 0 saturated carbocycles. The summed E-state index contributed by atoms with van der Waals surface area (Å²) >= 11 is 1.83. The number of rotatable bonds is 3. The SMILES string of the molecule is Cc1sc[n+](-c2c(-c3cc(C(C)(C)C)ccc3C(C)(C)C)cccc2-c2cc(C(C)(C)C)ccc2C(C)(C)C)c1C.[Cl-]. The van der Waals surface area contributed by atoms with Crippen LogP contribution in [0.15, 0.2) is 60.1 Å².